The molecule has 1 saturated heterocycles. The molecule has 1 N–H and O–H groups in total. The molecule has 4 nitrogen and oxygen atoms in total. The lowest BCUT2D eigenvalue weighted by molar-refractivity contribution is -0.227. The van der Waals surface area contributed by atoms with Crippen molar-refractivity contribution < 1.29 is 27.9 Å². The molecule has 0 aliphatic carbocycles. The number of hydrogen-bond donors (Lipinski definition) is 1. The maximum atomic E-state index is 13.1. The molecular weight excluding hydrogens is 335 g/mol. The van der Waals surface area contributed by atoms with Crippen molar-refractivity contribution in [2.75, 3.05) is 13.1 Å². The van der Waals surface area contributed by atoms with E-state index in [1.54, 1.807) is 0 Å². The fraction of sp³-hybridized carbons (Fsp3) is 0.556. The number of halogens is 3. The van der Waals surface area contributed by atoms with Crippen LogP contribution in [0.1, 0.15) is 36.8 Å². The van der Waals surface area contributed by atoms with Crippen LogP contribution in [0.5, 0.6) is 0 Å². The Hall–Kier alpha value is -2.05. The molecule has 0 aromatic heterocycles. The molecule has 2 rings (SSSR count). The number of carboxylic acid groups (broad SMARTS) is 1. The normalized spacial score (nSPS) is 20.7. The summed E-state index contributed by atoms with van der Waals surface area (Å²) in [5, 5.41) is 9.00. The van der Waals surface area contributed by atoms with E-state index in [0.29, 0.717) is 6.42 Å². The lowest BCUT2D eigenvalue weighted by Crippen LogP contribution is -2.47. The SMILES string of the molecule is Cc1ccc(CCCCC(=O)N2CCC(C(=O)O)(C(F)(F)F)C2)cc1. The van der Waals surface area contributed by atoms with Gasteiger partial charge in [0.05, 0.1) is 0 Å². The van der Waals surface area contributed by atoms with Crippen LogP contribution in [-0.4, -0.2) is 41.1 Å². The Morgan fingerprint density at radius 1 is 1.20 bits per heavy atom. The van der Waals surface area contributed by atoms with Gasteiger partial charge in [-0.1, -0.05) is 29.8 Å². The molecule has 1 aliphatic heterocycles. The number of nitrogens with zero attached hydrogens (tertiary/aromatic N) is 1. The Morgan fingerprint density at radius 2 is 1.84 bits per heavy atom. The van der Waals surface area contributed by atoms with Gasteiger partial charge in [-0.2, -0.15) is 13.2 Å². The Labute approximate surface area is 144 Å². The molecule has 1 unspecified atom stereocenters. The number of unbranched alkanes of at least 4 members (excludes halogenated alkanes) is 1. The number of carboxylic acids is 1. The average Bonchev–Trinajstić information content (AvgIpc) is 3.00. The Balaban J connectivity index is 1.82. The highest BCUT2D eigenvalue weighted by atomic mass is 19.4. The molecule has 0 bridgehead atoms. The molecule has 1 fully saturated rings. The van der Waals surface area contributed by atoms with Gasteiger partial charge in [0.25, 0.3) is 0 Å². The second-order valence-electron chi connectivity index (χ2n) is 6.64. The van der Waals surface area contributed by atoms with Gasteiger partial charge in [-0.25, -0.2) is 0 Å². The van der Waals surface area contributed by atoms with E-state index >= 15 is 0 Å². The molecule has 1 amide bonds. The van der Waals surface area contributed by atoms with Crippen molar-refractivity contribution in [3.63, 3.8) is 0 Å². The Kier molecular flexibility index (Phi) is 5.75. The molecule has 25 heavy (non-hydrogen) atoms. The molecule has 7 heteroatoms. The zero-order valence-electron chi connectivity index (χ0n) is 14.1. The van der Waals surface area contributed by atoms with Crippen molar-refractivity contribution in [2.45, 2.75) is 45.2 Å². The highest BCUT2D eigenvalue weighted by molar-refractivity contribution is 5.81. The summed E-state index contributed by atoms with van der Waals surface area (Å²) in [5.74, 6) is -2.31. The maximum absolute atomic E-state index is 13.1. The zero-order valence-corrected chi connectivity index (χ0v) is 14.1. The molecule has 1 aromatic rings. The number of amides is 1. The summed E-state index contributed by atoms with van der Waals surface area (Å²) >= 11 is 0. The minimum absolute atomic E-state index is 0.138. The van der Waals surface area contributed by atoms with Gasteiger partial charge in [-0.15, -0.1) is 0 Å². The standard InChI is InChI=1S/C18H22F3NO3/c1-13-6-8-14(9-7-13)4-2-3-5-15(23)22-11-10-17(12-22,16(24)25)18(19,20)21/h6-9H,2-5,10-12H2,1H3,(H,24,25). The van der Waals surface area contributed by atoms with E-state index < -0.39 is 36.4 Å². The van der Waals surface area contributed by atoms with Gasteiger partial charge < -0.3 is 10.0 Å². The van der Waals surface area contributed by atoms with Crippen molar-refractivity contribution in [1.82, 2.24) is 4.90 Å². The van der Waals surface area contributed by atoms with E-state index in [1.165, 1.54) is 5.56 Å². The number of benzene rings is 1. The summed E-state index contributed by atoms with van der Waals surface area (Å²) in [6, 6.07) is 8.05. The van der Waals surface area contributed by atoms with Gasteiger partial charge >= 0.3 is 12.1 Å². The van der Waals surface area contributed by atoms with Crippen LogP contribution < -0.4 is 0 Å². The third-order valence-electron chi connectivity index (χ3n) is 4.80. The van der Waals surface area contributed by atoms with Crippen LogP contribution in [0.15, 0.2) is 24.3 Å². The number of rotatable bonds is 6. The van der Waals surface area contributed by atoms with E-state index in [4.69, 9.17) is 5.11 Å². The van der Waals surface area contributed by atoms with Gasteiger partial charge in [0, 0.05) is 19.5 Å². The van der Waals surface area contributed by atoms with Crippen molar-refractivity contribution in [2.24, 2.45) is 5.41 Å². The van der Waals surface area contributed by atoms with Crippen molar-refractivity contribution >= 4 is 11.9 Å². The first-order valence-electron chi connectivity index (χ1n) is 8.29. The summed E-state index contributed by atoms with van der Waals surface area (Å²) in [5.41, 5.74) is -0.509. The fourth-order valence-corrected chi connectivity index (χ4v) is 3.07. The summed E-state index contributed by atoms with van der Waals surface area (Å²) in [6.07, 6.45) is -3.18. The van der Waals surface area contributed by atoms with Gasteiger partial charge in [-0.05, 0) is 38.2 Å². The number of aliphatic carboxylic acids is 1. The highest BCUT2D eigenvalue weighted by Gasteiger charge is 2.64. The maximum Gasteiger partial charge on any atom is 0.406 e. The first-order valence-corrected chi connectivity index (χ1v) is 8.29. The first-order chi connectivity index (χ1) is 11.7. The third-order valence-corrected chi connectivity index (χ3v) is 4.80. The van der Waals surface area contributed by atoms with E-state index in [1.807, 2.05) is 31.2 Å². The molecule has 0 spiro atoms. The van der Waals surface area contributed by atoms with Crippen LogP contribution in [0, 0.1) is 12.3 Å². The van der Waals surface area contributed by atoms with E-state index in [9.17, 15) is 22.8 Å². The average molecular weight is 357 g/mol. The number of alkyl halides is 3. The Morgan fingerprint density at radius 3 is 2.36 bits per heavy atom. The third kappa shape index (κ3) is 4.32. The summed E-state index contributed by atoms with van der Waals surface area (Å²) in [6.45, 7) is 1.04. The van der Waals surface area contributed by atoms with Crippen LogP contribution >= 0.6 is 0 Å². The predicted octanol–water partition coefficient (Wildman–Crippen LogP) is 3.57. The van der Waals surface area contributed by atoms with Crippen LogP contribution in [0.25, 0.3) is 0 Å². The second kappa shape index (κ2) is 7.45. The van der Waals surface area contributed by atoms with Crippen LogP contribution in [0.2, 0.25) is 0 Å². The molecule has 1 atom stereocenters. The number of carbonyl (C=O) groups excluding carboxylic acids is 1. The van der Waals surface area contributed by atoms with Gasteiger partial charge in [0.2, 0.25) is 5.91 Å². The smallest absolute Gasteiger partial charge is 0.406 e. The first kappa shape index (κ1) is 19.3. The quantitative estimate of drug-likeness (QED) is 0.792. The minimum atomic E-state index is -4.86. The molecule has 1 aromatic carbocycles. The van der Waals surface area contributed by atoms with E-state index in [-0.39, 0.29) is 13.0 Å². The van der Waals surface area contributed by atoms with Gasteiger partial charge in [0.15, 0.2) is 5.41 Å². The van der Waals surface area contributed by atoms with Crippen LogP contribution in [0.4, 0.5) is 13.2 Å². The largest absolute Gasteiger partial charge is 0.481 e. The lowest BCUT2D eigenvalue weighted by Gasteiger charge is -2.27. The fourth-order valence-electron chi connectivity index (χ4n) is 3.07. The summed E-state index contributed by atoms with van der Waals surface area (Å²) in [4.78, 5) is 24.3. The number of carbonyl (C=O) groups is 2. The lowest BCUT2D eigenvalue weighted by atomic mass is 9.86. The monoisotopic (exact) mass is 357 g/mol. The second-order valence-corrected chi connectivity index (χ2v) is 6.64. The summed E-state index contributed by atoms with van der Waals surface area (Å²) in [7, 11) is 0. The van der Waals surface area contributed by atoms with Crippen molar-refractivity contribution in [1.29, 1.82) is 0 Å². The van der Waals surface area contributed by atoms with Crippen LogP contribution in [0.3, 0.4) is 0 Å². The molecule has 0 saturated carbocycles. The van der Waals surface area contributed by atoms with Crippen molar-refractivity contribution in [3.8, 4) is 0 Å². The van der Waals surface area contributed by atoms with Gasteiger partial charge in [-0.3, -0.25) is 9.59 Å². The number of likely N-dealkylation sites (tertiary alicyclic amines) is 1. The molecule has 0 radical (unpaired) electrons. The topological polar surface area (TPSA) is 57.6 Å². The van der Waals surface area contributed by atoms with Crippen molar-refractivity contribution in [3.05, 3.63) is 35.4 Å². The number of aryl methyl sites for hydroxylation is 2. The number of hydrogen-bond acceptors (Lipinski definition) is 2. The molecule has 138 valence electrons. The summed E-state index contributed by atoms with van der Waals surface area (Å²) < 4.78 is 39.3. The molecule has 1 aliphatic rings. The van der Waals surface area contributed by atoms with E-state index in [0.717, 1.165) is 23.3 Å². The zero-order chi connectivity index (χ0) is 18.7. The highest BCUT2D eigenvalue weighted by Crippen LogP contribution is 2.45. The molecular formula is C18H22F3NO3. The Bertz CT molecular complexity index is 627. The van der Waals surface area contributed by atoms with Crippen LogP contribution in [-0.2, 0) is 16.0 Å². The minimum Gasteiger partial charge on any atom is -0.481 e. The van der Waals surface area contributed by atoms with Gasteiger partial charge in [0.1, 0.15) is 0 Å². The van der Waals surface area contributed by atoms with E-state index in [2.05, 4.69) is 0 Å². The molecule has 1 heterocycles. The predicted molar refractivity (Wildman–Crippen MR) is 86.1 cm³/mol.